The first kappa shape index (κ1) is 17.9. The minimum absolute atomic E-state index is 0.333. The van der Waals surface area contributed by atoms with E-state index in [1.807, 2.05) is 0 Å². The van der Waals surface area contributed by atoms with E-state index in [-0.39, 0.29) is 0 Å². The zero-order valence-corrected chi connectivity index (χ0v) is 16.6. The molecule has 2 aromatic rings. The molecular formula is C25H31N2O+. The molecule has 28 heavy (non-hydrogen) atoms. The van der Waals surface area contributed by atoms with Gasteiger partial charge in [0.25, 0.3) is 0 Å². The van der Waals surface area contributed by atoms with E-state index in [2.05, 4.69) is 65.6 Å². The summed E-state index contributed by atoms with van der Waals surface area (Å²) in [5, 5.41) is 0. The van der Waals surface area contributed by atoms with Gasteiger partial charge in [0.05, 0.1) is 26.2 Å². The van der Waals surface area contributed by atoms with Crippen LogP contribution in [0.25, 0.3) is 0 Å². The van der Waals surface area contributed by atoms with Crippen molar-refractivity contribution >= 4 is 5.91 Å². The molecule has 2 aliphatic carbocycles. The first-order valence-electron chi connectivity index (χ1n) is 11.0. The predicted molar refractivity (Wildman–Crippen MR) is 111 cm³/mol. The quantitative estimate of drug-likeness (QED) is 0.873. The molecule has 0 spiro atoms. The van der Waals surface area contributed by atoms with Crippen LogP contribution in [0.2, 0.25) is 0 Å². The topological polar surface area (TPSA) is 24.8 Å². The highest BCUT2D eigenvalue weighted by Crippen LogP contribution is 2.48. The zero-order chi connectivity index (χ0) is 18.9. The molecule has 2 aromatic carbocycles. The van der Waals surface area contributed by atoms with Crippen molar-refractivity contribution in [3.8, 4) is 0 Å². The fourth-order valence-corrected chi connectivity index (χ4v) is 6.04. The van der Waals surface area contributed by atoms with Gasteiger partial charge in [0.2, 0.25) is 5.91 Å². The number of hydrogen-bond donors (Lipinski definition) is 1. The standard InChI is InChI=1S/C25H30N2O/c28-25(23-18-19-11-12-22(23)17-19)27-15-13-26(14-16-27)24(20-7-3-1-4-8-20)21-9-5-2-6-10-21/h1-10,19,22-24H,11-18H2/p+1/t19-,22-,23+/m1/s1. The van der Waals surface area contributed by atoms with Crippen molar-refractivity contribution in [1.82, 2.24) is 4.90 Å². The summed E-state index contributed by atoms with van der Waals surface area (Å²) in [6.07, 6.45) is 5.12. The molecule has 2 bridgehead atoms. The van der Waals surface area contributed by atoms with Gasteiger partial charge in [-0.15, -0.1) is 0 Å². The van der Waals surface area contributed by atoms with Crippen LogP contribution >= 0.6 is 0 Å². The molecule has 3 heteroatoms. The first-order chi connectivity index (χ1) is 13.8. The Hall–Kier alpha value is -2.13. The van der Waals surface area contributed by atoms with E-state index >= 15 is 0 Å². The van der Waals surface area contributed by atoms with Gasteiger partial charge in [0, 0.05) is 17.0 Å². The Balaban J connectivity index is 1.29. The number of carbonyl (C=O) groups excluding carboxylic acids is 1. The molecule has 3 nitrogen and oxygen atoms in total. The lowest BCUT2D eigenvalue weighted by Crippen LogP contribution is -3.15. The molecule has 1 saturated heterocycles. The smallest absolute Gasteiger partial charge is 0.226 e. The maximum absolute atomic E-state index is 13.1. The highest BCUT2D eigenvalue weighted by atomic mass is 16.2. The highest BCUT2D eigenvalue weighted by molar-refractivity contribution is 5.79. The third kappa shape index (κ3) is 3.37. The molecule has 3 fully saturated rings. The molecule has 5 rings (SSSR count). The number of amides is 1. The fraction of sp³-hybridized carbons (Fsp3) is 0.480. The van der Waals surface area contributed by atoms with E-state index in [1.165, 1.54) is 30.4 Å². The Morgan fingerprint density at radius 3 is 1.96 bits per heavy atom. The minimum Gasteiger partial charge on any atom is -0.331 e. The molecule has 3 aliphatic rings. The molecule has 0 aromatic heterocycles. The molecule has 146 valence electrons. The second-order valence-corrected chi connectivity index (χ2v) is 9.02. The number of piperazine rings is 1. The van der Waals surface area contributed by atoms with E-state index < -0.39 is 0 Å². The number of rotatable bonds is 4. The minimum atomic E-state index is 0.333. The highest BCUT2D eigenvalue weighted by Gasteiger charge is 2.45. The summed E-state index contributed by atoms with van der Waals surface area (Å²) in [7, 11) is 0. The lowest BCUT2D eigenvalue weighted by atomic mass is 9.87. The van der Waals surface area contributed by atoms with E-state index in [0.29, 0.717) is 23.8 Å². The van der Waals surface area contributed by atoms with Gasteiger partial charge >= 0.3 is 0 Å². The van der Waals surface area contributed by atoms with Crippen LogP contribution < -0.4 is 4.90 Å². The van der Waals surface area contributed by atoms with Crippen molar-refractivity contribution in [3.05, 3.63) is 71.8 Å². The number of quaternary nitrogens is 1. The van der Waals surface area contributed by atoms with Crippen molar-refractivity contribution in [1.29, 1.82) is 0 Å². The summed E-state index contributed by atoms with van der Waals surface area (Å²) < 4.78 is 0. The van der Waals surface area contributed by atoms with Crippen LogP contribution in [0.1, 0.15) is 42.9 Å². The van der Waals surface area contributed by atoms with Crippen molar-refractivity contribution in [3.63, 3.8) is 0 Å². The number of carbonyl (C=O) groups is 1. The lowest BCUT2D eigenvalue weighted by molar-refractivity contribution is -0.929. The summed E-state index contributed by atoms with van der Waals surface area (Å²) in [6.45, 7) is 3.86. The van der Waals surface area contributed by atoms with Gasteiger partial charge < -0.3 is 9.80 Å². The monoisotopic (exact) mass is 375 g/mol. The molecule has 1 N–H and O–H groups in total. The van der Waals surface area contributed by atoms with Gasteiger partial charge in [0.15, 0.2) is 0 Å². The zero-order valence-electron chi connectivity index (χ0n) is 16.6. The second kappa shape index (κ2) is 7.71. The maximum Gasteiger partial charge on any atom is 0.226 e. The summed E-state index contributed by atoms with van der Waals surface area (Å²) in [4.78, 5) is 16.9. The second-order valence-electron chi connectivity index (χ2n) is 9.02. The van der Waals surface area contributed by atoms with E-state index in [0.717, 1.165) is 38.5 Å². The summed E-state index contributed by atoms with van der Waals surface area (Å²) in [5.41, 5.74) is 2.74. The van der Waals surface area contributed by atoms with Gasteiger partial charge in [-0.1, -0.05) is 67.1 Å². The molecule has 1 heterocycles. The largest absolute Gasteiger partial charge is 0.331 e. The summed E-state index contributed by atoms with van der Waals surface area (Å²) in [6, 6.07) is 22.1. The molecule has 0 radical (unpaired) electrons. The van der Waals surface area contributed by atoms with Crippen molar-refractivity contribution < 1.29 is 9.69 Å². The number of benzene rings is 2. The number of fused-ring (bicyclic) bond motifs is 2. The average molecular weight is 376 g/mol. The van der Waals surface area contributed by atoms with Crippen LogP contribution in [-0.4, -0.2) is 37.0 Å². The van der Waals surface area contributed by atoms with Crippen LogP contribution in [-0.2, 0) is 4.79 Å². The molecular weight excluding hydrogens is 344 g/mol. The average Bonchev–Trinajstić information content (AvgIpc) is 3.39. The molecule has 1 aliphatic heterocycles. The van der Waals surface area contributed by atoms with Crippen LogP contribution in [0, 0.1) is 17.8 Å². The normalized spacial score (nSPS) is 27.5. The number of hydrogen-bond acceptors (Lipinski definition) is 1. The van der Waals surface area contributed by atoms with Gasteiger partial charge in [-0.2, -0.15) is 0 Å². The predicted octanol–water partition coefficient (Wildman–Crippen LogP) is 2.94. The number of nitrogens with zero attached hydrogens (tertiary/aromatic N) is 1. The third-order valence-electron chi connectivity index (χ3n) is 7.45. The Bertz CT molecular complexity index is 758. The fourth-order valence-electron chi connectivity index (χ4n) is 6.04. The molecule has 1 amide bonds. The van der Waals surface area contributed by atoms with E-state index in [1.54, 1.807) is 4.90 Å². The molecule has 3 atom stereocenters. The van der Waals surface area contributed by atoms with Crippen molar-refractivity contribution in [2.45, 2.75) is 31.7 Å². The third-order valence-corrected chi connectivity index (χ3v) is 7.45. The lowest BCUT2D eigenvalue weighted by Gasteiger charge is -2.38. The van der Waals surface area contributed by atoms with Gasteiger partial charge in [0.1, 0.15) is 6.04 Å². The van der Waals surface area contributed by atoms with Crippen molar-refractivity contribution in [2.24, 2.45) is 17.8 Å². The van der Waals surface area contributed by atoms with Crippen LogP contribution in [0.4, 0.5) is 0 Å². The van der Waals surface area contributed by atoms with Crippen LogP contribution in [0.5, 0.6) is 0 Å². The summed E-state index contributed by atoms with van der Waals surface area (Å²) >= 11 is 0. The Labute approximate surface area is 168 Å². The van der Waals surface area contributed by atoms with E-state index in [4.69, 9.17) is 0 Å². The number of nitrogens with one attached hydrogen (secondary N) is 1. The first-order valence-corrected chi connectivity index (χ1v) is 11.0. The van der Waals surface area contributed by atoms with Gasteiger partial charge in [-0.3, -0.25) is 4.79 Å². The Kier molecular flexibility index (Phi) is 4.94. The SMILES string of the molecule is O=C([C@H]1C[C@@H]2CC[C@@H]1C2)N1CC[NH+](C(c2ccccc2)c2ccccc2)CC1. The van der Waals surface area contributed by atoms with Gasteiger partial charge in [-0.25, -0.2) is 0 Å². The van der Waals surface area contributed by atoms with Crippen molar-refractivity contribution in [2.75, 3.05) is 26.2 Å². The Morgan fingerprint density at radius 2 is 1.46 bits per heavy atom. The summed E-state index contributed by atoms with van der Waals surface area (Å²) in [5.74, 6) is 2.32. The van der Waals surface area contributed by atoms with Crippen LogP contribution in [0.15, 0.2) is 60.7 Å². The molecule has 0 unspecified atom stereocenters. The Morgan fingerprint density at radius 1 is 0.857 bits per heavy atom. The van der Waals surface area contributed by atoms with Crippen LogP contribution in [0.3, 0.4) is 0 Å². The van der Waals surface area contributed by atoms with E-state index in [9.17, 15) is 4.79 Å². The molecule has 2 saturated carbocycles. The van der Waals surface area contributed by atoms with Gasteiger partial charge in [-0.05, 0) is 31.1 Å². The maximum atomic E-state index is 13.1.